The minimum absolute atomic E-state index is 0.189. The number of hydrogen-bond acceptors (Lipinski definition) is 1. The molecule has 26 heavy (non-hydrogen) atoms. The van der Waals surface area contributed by atoms with Gasteiger partial charge >= 0.3 is 18.4 Å². The molecule has 1 atom stereocenters. The Labute approximate surface area is 146 Å². The van der Waals surface area contributed by atoms with E-state index >= 15 is 0 Å². The fourth-order valence-electron chi connectivity index (χ4n) is 3.78. The number of alkyl halides is 6. The monoisotopic (exact) mass is 380 g/mol. The van der Waals surface area contributed by atoms with Crippen LogP contribution in [0.1, 0.15) is 49.3 Å². The molecule has 2 amide bonds. The van der Waals surface area contributed by atoms with Gasteiger partial charge in [0, 0.05) is 6.04 Å². The van der Waals surface area contributed by atoms with Gasteiger partial charge in [-0.05, 0) is 48.8 Å². The largest absolute Gasteiger partial charge is 0.416 e. The third-order valence-electron chi connectivity index (χ3n) is 5.26. The zero-order valence-electron chi connectivity index (χ0n) is 13.7. The zero-order valence-corrected chi connectivity index (χ0v) is 13.7. The average molecular weight is 380 g/mol. The van der Waals surface area contributed by atoms with Gasteiger partial charge in [0.1, 0.15) is 0 Å². The van der Waals surface area contributed by atoms with E-state index in [4.69, 9.17) is 0 Å². The summed E-state index contributed by atoms with van der Waals surface area (Å²) in [5.74, 6) is 0. The minimum atomic E-state index is -4.92. The molecule has 0 aromatic heterocycles. The van der Waals surface area contributed by atoms with Crippen molar-refractivity contribution in [2.45, 2.75) is 56.5 Å². The van der Waals surface area contributed by atoms with Crippen LogP contribution in [0.2, 0.25) is 0 Å². The lowest BCUT2D eigenvalue weighted by atomic mass is 9.54. The molecular formula is C17H18F6N2O. The van der Waals surface area contributed by atoms with Crippen molar-refractivity contribution in [2.24, 2.45) is 5.41 Å². The molecule has 2 N–H and O–H groups in total. The normalized spacial score (nSPS) is 20.8. The van der Waals surface area contributed by atoms with E-state index < -0.39 is 35.6 Å². The number of nitrogens with one attached hydrogen (secondary N) is 2. The molecule has 9 heteroatoms. The lowest BCUT2D eigenvalue weighted by Gasteiger charge is -2.54. The van der Waals surface area contributed by atoms with E-state index in [0.29, 0.717) is 12.1 Å². The van der Waals surface area contributed by atoms with Crippen molar-refractivity contribution in [3.05, 3.63) is 35.4 Å². The topological polar surface area (TPSA) is 41.1 Å². The van der Waals surface area contributed by atoms with Crippen molar-refractivity contribution in [1.82, 2.24) is 10.6 Å². The van der Waals surface area contributed by atoms with Gasteiger partial charge in [0.25, 0.3) is 0 Å². The molecule has 3 nitrogen and oxygen atoms in total. The molecule has 1 aromatic carbocycles. The van der Waals surface area contributed by atoms with Crippen LogP contribution >= 0.6 is 0 Å². The Morgan fingerprint density at radius 3 is 2.27 bits per heavy atom. The first-order valence-electron chi connectivity index (χ1n) is 8.29. The highest BCUT2D eigenvalue weighted by Gasteiger charge is 2.49. The first-order valence-corrected chi connectivity index (χ1v) is 8.29. The first-order chi connectivity index (χ1) is 12.0. The van der Waals surface area contributed by atoms with Crippen LogP contribution in [0.4, 0.5) is 31.1 Å². The van der Waals surface area contributed by atoms with Crippen molar-refractivity contribution >= 4 is 6.03 Å². The molecule has 0 unspecified atom stereocenters. The Kier molecular flexibility index (Phi) is 4.60. The molecule has 0 bridgehead atoms. The van der Waals surface area contributed by atoms with Gasteiger partial charge in [-0.15, -0.1) is 0 Å². The number of carbonyl (C=O) groups is 1. The van der Waals surface area contributed by atoms with Crippen molar-refractivity contribution in [3.63, 3.8) is 0 Å². The van der Waals surface area contributed by atoms with E-state index in [9.17, 15) is 31.1 Å². The Hall–Kier alpha value is -1.93. The van der Waals surface area contributed by atoms with Crippen LogP contribution in [0.3, 0.4) is 0 Å². The van der Waals surface area contributed by atoms with Gasteiger partial charge in [0.2, 0.25) is 0 Å². The van der Waals surface area contributed by atoms with Gasteiger partial charge in [-0.2, -0.15) is 26.3 Å². The fourth-order valence-corrected chi connectivity index (χ4v) is 3.78. The summed E-state index contributed by atoms with van der Waals surface area (Å²) in [6, 6.07) is -0.824. The van der Waals surface area contributed by atoms with Crippen LogP contribution in [0.15, 0.2) is 24.3 Å². The van der Waals surface area contributed by atoms with E-state index in [0.717, 1.165) is 44.2 Å². The van der Waals surface area contributed by atoms with E-state index in [1.165, 1.54) is 0 Å². The van der Waals surface area contributed by atoms with Crippen LogP contribution in [-0.4, -0.2) is 18.2 Å². The number of amides is 2. The molecule has 144 valence electrons. The number of hydrogen-bond donors (Lipinski definition) is 2. The number of rotatable bonds is 3. The summed E-state index contributed by atoms with van der Waals surface area (Å²) in [6.07, 6.45) is -4.94. The predicted molar refractivity (Wildman–Crippen MR) is 81.2 cm³/mol. The molecule has 0 radical (unpaired) electrons. The summed E-state index contributed by atoms with van der Waals surface area (Å²) in [5, 5.41) is 4.26. The second-order valence-corrected chi connectivity index (χ2v) is 7.17. The van der Waals surface area contributed by atoms with E-state index in [1.54, 1.807) is 5.32 Å². The highest BCUT2D eigenvalue weighted by atomic mass is 19.4. The lowest BCUT2D eigenvalue weighted by Crippen LogP contribution is -2.56. The number of benzene rings is 1. The standard InChI is InChI=1S/C17H18F6N2O/c18-16(19,20)11-4-1-3-10(7-11)13(17(21,22)23)25-14(26)24-12-8-15(9-12)5-2-6-15/h1,3-4,7,12-13H,2,5-6,8-9H2,(H2,24,25,26)/t13-/m1/s1. The van der Waals surface area contributed by atoms with Crippen LogP contribution < -0.4 is 10.6 Å². The third kappa shape index (κ3) is 3.91. The Morgan fingerprint density at radius 1 is 1.12 bits per heavy atom. The number of urea groups is 1. The molecule has 2 aliphatic carbocycles. The van der Waals surface area contributed by atoms with Gasteiger partial charge < -0.3 is 10.6 Å². The van der Waals surface area contributed by atoms with E-state index in [-0.39, 0.29) is 11.5 Å². The van der Waals surface area contributed by atoms with Crippen molar-refractivity contribution in [3.8, 4) is 0 Å². The van der Waals surface area contributed by atoms with Crippen LogP contribution in [0, 0.1) is 5.41 Å². The van der Waals surface area contributed by atoms with Crippen molar-refractivity contribution in [2.75, 3.05) is 0 Å². The van der Waals surface area contributed by atoms with Crippen LogP contribution in [0.25, 0.3) is 0 Å². The summed E-state index contributed by atoms with van der Waals surface area (Å²) >= 11 is 0. The summed E-state index contributed by atoms with van der Waals surface area (Å²) in [5.41, 5.74) is -1.62. The first kappa shape index (κ1) is 18.8. The summed E-state index contributed by atoms with van der Waals surface area (Å²) in [7, 11) is 0. The molecule has 1 aromatic rings. The Morgan fingerprint density at radius 2 is 1.77 bits per heavy atom. The maximum absolute atomic E-state index is 13.3. The molecule has 0 saturated heterocycles. The molecule has 2 fully saturated rings. The highest BCUT2D eigenvalue weighted by Crippen LogP contribution is 2.55. The van der Waals surface area contributed by atoms with Crippen molar-refractivity contribution in [1.29, 1.82) is 0 Å². The van der Waals surface area contributed by atoms with Gasteiger partial charge in [-0.3, -0.25) is 0 Å². The summed E-state index contributed by atoms with van der Waals surface area (Å²) < 4.78 is 78.1. The van der Waals surface area contributed by atoms with Crippen LogP contribution in [-0.2, 0) is 6.18 Å². The molecule has 1 spiro atoms. The highest BCUT2D eigenvalue weighted by molar-refractivity contribution is 5.75. The predicted octanol–water partition coefficient (Wildman–Crippen LogP) is 4.94. The molecule has 2 aliphatic rings. The minimum Gasteiger partial charge on any atom is -0.335 e. The van der Waals surface area contributed by atoms with E-state index in [2.05, 4.69) is 5.32 Å². The molecular weight excluding hydrogens is 362 g/mol. The van der Waals surface area contributed by atoms with E-state index in [1.807, 2.05) is 0 Å². The van der Waals surface area contributed by atoms with Gasteiger partial charge in [0.05, 0.1) is 5.56 Å². The van der Waals surface area contributed by atoms with Crippen molar-refractivity contribution < 1.29 is 31.1 Å². The van der Waals surface area contributed by atoms with Crippen LogP contribution in [0.5, 0.6) is 0 Å². The molecule has 3 rings (SSSR count). The lowest BCUT2D eigenvalue weighted by molar-refractivity contribution is -0.155. The Balaban J connectivity index is 1.68. The fraction of sp³-hybridized carbons (Fsp3) is 0.588. The molecule has 0 heterocycles. The average Bonchev–Trinajstić information content (AvgIpc) is 2.44. The third-order valence-corrected chi connectivity index (χ3v) is 5.26. The second-order valence-electron chi connectivity index (χ2n) is 7.17. The summed E-state index contributed by atoms with van der Waals surface area (Å²) in [6.45, 7) is 0. The summed E-state index contributed by atoms with van der Waals surface area (Å²) in [4.78, 5) is 11.9. The maximum Gasteiger partial charge on any atom is 0.416 e. The number of halogens is 6. The molecule has 2 saturated carbocycles. The second kappa shape index (κ2) is 6.35. The van der Waals surface area contributed by atoms with Gasteiger partial charge in [-0.1, -0.05) is 18.6 Å². The number of carbonyl (C=O) groups excluding carboxylic acids is 1. The SMILES string of the molecule is O=C(NC1CC2(CCC2)C1)N[C@H](c1cccc(C(F)(F)F)c1)C(F)(F)F. The van der Waals surface area contributed by atoms with Gasteiger partial charge in [-0.25, -0.2) is 4.79 Å². The maximum atomic E-state index is 13.3. The Bertz CT molecular complexity index is 673. The zero-order chi connectivity index (χ0) is 19.2. The quantitative estimate of drug-likeness (QED) is 0.717. The van der Waals surface area contributed by atoms with Gasteiger partial charge in [0.15, 0.2) is 6.04 Å². The smallest absolute Gasteiger partial charge is 0.335 e. The molecule has 0 aliphatic heterocycles.